The highest BCUT2D eigenvalue weighted by molar-refractivity contribution is 7.91. The van der Waals surface area contributed by atoms with E-state index in [2.05, 4.69) is 4.72 Å². The summed E-state index contributed by atoms with van der Waals surface area (Å²) in [7, 11) is -7.32. The van der Waals surface area contributed by atoms with Crippen LogP contribution >= 0.6 is 0 Å². The molecule has 3 N–H and O–H groups in total. The number of benzene rings is 2. The summed E-state index contributed by atoms with van der Waals surface area (Å²) in [5.41, 5.74) is 8.02. The van der Waals surface area contributed by atoms with Gasteiger partial charge in [0.05, 0.1) is 9.79 Å². The van der Waals surface area contributed by atoms with Gasteiger partial charge < -0.3 is 5.73 Å². The smallest absolute Gasteiger partial charge is 0.240 e. The third kappa shape index (κ3) is 4.81. The zero-order chi connectivity index (χ0) is 18.8. The van der Waals surface area contributed by atoms with Gasteiger partial charge in [-0.05, 0) is 61.2 Å². The Labute approximate surface area is 149 Å². The summed E-state index contributed by atoms with van der Waals surface area (Å²) in [6.45, 7) is 3.37. The lowest BCUT2D eigenvalue weighted by Crippen LogP contribution is -2.27. The number of hydrogen-bond acceptors (Lipinski definition) is 5. The molecule has 0 radical (unpaired) electrons. The Morgan fingerprint density at radius 2 is 1.52 bits per heavy atom. The van der Waals surface area contributed by atoms with E-state index in [4.69, 9.17) is 5.73 Å². The molecule has 0 aromatic heterocycles. The van der Waals surface area contributed by atoms with Crippen molar-refractivity contribution in [1.29, 1.82) is 0 Å². The summed E-state index contributed by atoms with van der Waals surface area (Å²) in [5, 5.41) is 0. The molecule has 2 rings (SSSR count). The van der Waals surface area contributed by atoms with E-state index in [0.717, 1.165) is 11.8 Å². The average molecular weight is 383 g/mol. The van der Waals surface area contributed by atoms with E-state index in [0.29, 0.717) is 17.7 Å². The molecule has 136 valence electrons. The van der Waals surface area contributed by atoms with Crippen molar-refractivity contribution in [2.75, 3.05) is 18.5 Å². The van der Waals surface area contributed by atoms with Gasteiger partial charge in [-0.2, -0.15) is 0 Å². The summed E-state index contributed by atoms with van der Waals surface area (Å²) < 4.78 is 51.5. The van der Waals surface area contributed by atoms with Crippen LogP contribution in [0.25, 0.3) is 0 Å². The Morgan fingerprint density at radius 1 is 0.960 bits per heavy atom. The molecule has 0 aliphatic rings. The number of nitrogens with two attached hydrogens (primary N) is 1. The summed E-state index contributed by atoms with van der Waals surface area (Å²) in [4.78, 5) is 0.0247. The van der Waals surface area contributed by atoms with Gasteiger partial charge in [0.1, 0.15) is 0 Å². The largest absolute Gasteiger partial charge is 0.399 e. The summed E-state index contributed by atoms with van der Waals surface area (Å²) in [6, 6.07) is 10.2. The molecule has 0 amide bonds. The highest BCUT2D eigenvalue weighted by Crippen LogP contribution is 2.24. The normalized spacial score (nSPS) is 12.3. The lowest BCUT2D eigenvalue weighted by atomic mass is 10.1. The fraction of sp³-hybridized carbons (Fsp3) is 0.294. The van der Waals surface area contributed by atoms with Crippen molar-refractivity contribution >= 4 is 25.5 Å². The van der Waals surface area contributed by atoms with Crippen molar-refractivity contribution in [3.8, 4) is 0 Å². The lowest BCUT2D eigenvalue weighted by Gasteiger charge is -2.13. The molecule has 0 bridgehead atoms. The van der Waals surface area contributed by atoms with E-state index in [9.17, 15) is 16.8 Å². The molecule has 0 heterocycles. The topological polar surface area (TPSA) is 106 Å². The molecule has 2 aromatic carbocycles. The van der Waals surface area contributed by atoms with Crippen molar-refractivity contribution in [1.82, 2.24) is 4.72 Å². The number of aryl methyl sites for hydroxylation is 1. The number of sulfone groups is 1. The fourth-order valence-corrected chi connectivity index (χ4v) is 5.06. The van der Waals surface area contributed by atoms with Gasteiger partial charge in [0.25, 0.3) is 0 Å². The Hall–Kier alpha value is -1.90. The van der Waals surface area contributed by atoms with Gasteiger partial charge in [-0.15, -0.1) is 0 Å². The number of anilines is 1. The fourth-order valence-electron chi connectivity index (χ4n) is 2.55. The first-order chi connectivity index (χ1) is 11.5. The zero-order valence-electron chi connectivity index (χ0n) is 14.4. The van der Waals surface area contributed by atoms with Crippen LogP contribution in [0.15, 0.2) is 46.2 Å². The van der Waals surface area contributed by atoms with Gasteiger partial charge in [-0.25, -0.2) is 21.6 Å². The van der Waals surface area contributed by atoms with Crippen LogP contribution in [0, 0.1) is 13.8 Å². The molecule has 8 heteroatoms. The van der Waals surface area contributed by atoms with Gasteiger partial charge in [-0.1, -0.05) is 12.1 Å². The number of rotatable bonds is 6. The molecule has 0 aliphatic heterocycles. The molecular weight excluding hydrogens is 360 g/mol. The highest BCUT2D eigenvalue weighted by atomic mass is 32.2. The Morgan fingerprint density at radius 3 is 2.08 bits per heavy atom. The molecule has 0 fully saturated rings. The minimum Gasteiger partial charge on any atom is -0.399 e. The van der Waals surface area contributed by atoms with Crippen LogP contribution < -0.4 is 10.5 Å². The second-order valence-corrected chi connectivity index (χ2v) is 9.77. The monoisotopic (exact) mass is 382 g/mol. The summed E-state index contributed by atoms with van der Waals surface area (Å²) in [6.07, 6.45) is 1.57. The molecule has 6 nitrogen and oxygen atoms in total. The molecule has 0 atom stereocenters. The molecule has 0 spiro atoms. The number of hydrogen-bond donors (Lipinski definition) is 2. The summed E-state index contributed by atoms with van der Waals surface area (Å²) >= 11 is 0. The van der Waals surface area contributed by atoms with E-state index in [1.54, 1.807) is 19.1 Å². The number of sulfonamides is 1. The SMILES string of the molecule is Cc1cc(S(C)(=O)=O)c(C)c(S(=O)(=O)NCCc2ccc(N)cc2)c1. The molecule has 0 saturated carbocycles. The minimum atomic E-state index is -3.81. The van der Waals surface area contributed by atoms with Crippen molar-refractivity contribution in [2.45, 2.75) is 30.1 Å². The van der Waals surface area contributed by atoms with Crippen molar-refractivity contribution in [3.63, 3.8) is 0 Å². The Kier molecular flexibility index (Phi) is 5.55. The lowest BCUT2D eigenvalue weighted by molar-refractivity contribution is 0.580. The van der Waals surface area contributed by atoms with Crippen LogP contribution in [-0.4, -0.2) is 29.6 Å². The van der Waals surface area contributed by atoms with E-state index in [-0.39, 0.29) is 21.9 Å². The van der Waals surface area contributed by atoms with E-state index < -0.39 is 19.9 Å². The molecule has 25 heavy (non-hydrogen) atoms. The van der Waals surface area contributed by atoms with Gasteiger partial charge in [-0.3, -0.25) is 0 Å². The van der Waals surface area contributed by atoms with E-state index >= 15 is 0 Å². The van der Waals surface area contributed by atoms with Gasteiger partial charge in [0.15, 0.2) is 9.84 Å². The molecule has 0 saturated heterocycles. The summed E-state index contributed by atoms with van der Waals surface area (Å²) in [5.74, 6) is 0. The second kappa shape index (κ2) is 7.15. The first-order valence-corrected chi connectivity index (χ1v) is 11.0. The van der Waals surface area contributed by atoms with Crippen molar-refractivity contribution < 1.29 is 16.8 Å². The number of nitrogens with one attached hydrogen (secondary N) is 1. The predicted molar refractivity (Wildman–Crippen MR) is 98.8 cm³/mol. The van der Waals surface area contributed by atoms with Crippen molar-refractivity contribution in [3.05, 3.63) is 53.1 Å². The quantitative estimate of drug-likeness (QED) is 0.741. The van der Waals surface area contributed by atoms with Crippen LogP contribution in [0.3, 0.4) is 0 Å². The standard InChI is InChI=1S/C17H22N2O4S2/c1-12-10-16(24(3,20)21)13(2)17(11-12)25(22,23)19-9-8-14-4-6-15(18)7-5-14/h4-7,10-11,19H,8-9,18H2,1-3H3. The van der Waals surface area contributed by atoms with Crippen molar-refractivity contribution in [2.24, 2.45) is 0 Å². The molecule has 0 unspecified atom stereocenters. The predicted octanol–water partition coefficient (Wildman–Crippen LogP) is 1.81. The maximum absolute atomic E-state index is 12.6. The van der Waals surface area contributed by atoms with E-state index in [1.165, 1.54) is 19.1 Å². The van der Waals surface area contributed by atoms with Crippen LogP contribution in [0.5, 0.6) is 0 Å². The zero-order valence-corrected chi connectivity index (χ0v) is 16.0. The van der Waals surface area contributed by atoms with E-state index in [1.807, 2.05) is 12.1 Å². The maximum atomic E-state index is 12.6. The number of nitrogen functional groups attached to an aromatic ring is 1. The third-order valence-corrected chi connectivity index (χ3v) is 6.64. The first-order valence-electron chi connectivity index (χ1n) is 7.66. The van der Waals surface area contributed by atoms with Gasteiger partial charge in [0.2, 0.25) is 10.0 Å². The molecule has 2 aromatic rings. The van der Waals surface area contributed by atoms with Gasteiger partial charge >= 0.3 is 0 Å². The Bertz CT molecular complexity index is 980. The van der Waals surface area contributed by atoms with Crippen LogP contribution in [-0.2, 0) is 26.3 Å². The van der Waals surface area contributed by atoms with Gasteiger partial charge in [0, 0.05) is 18.5 Å². The van der Waals surface area contributed by atoms with Crippen LogP contribution in [0.1, 0.15) is 16.7 Å². The minimum absolute atomic E-state index is 0.00905. The molecule has 0 aliphatic carbocycles. The van der Waals surface area contributed by atoms with Crippen LogP contribution in [0.4, 0.5) is 5.69 Å². The average Bonchev–Trinajstić information content (AvgIpc) is 2.50. The highest BCUT2D eigenvalue weighted by Gasteiger charge is 2.22. The maximum Gasteiger partial charge on any atom is 0.240 e. The first kappa shape index (κ1) is 19.4. The Balaban J connectivity index is 2.25. The van der Waals surface area contributed by atoms with Crippen LogP contribution in [0.2, 0.25) is 0 Å². The third-order valence-electron chi connectivity index (χ3n) is 3.83. The second-order valence-electron chi connectivity index (χ2n) is 6.05. The molecular formula is C17H22N2O4S2.